The molecule has 0 unspecified atom stereocenters. The summed E-state index contributed by atoms with van der Waals surface area (Å²) < 4.78 is 1.62. The number of aryl methyl sites for hydroxylation is 2. The summed E-state index contributed by atoms with van der Waals surface area (Å²) in [5.41, 5.74) is 3.97. The van der Waals surface area contributed by atoms with Gasteiger partial charge in [0.2, 0.25) is 5.91 Å². The van der Waals surface area contributed by atoms with Gasteiger partial charge in [-0.25, -0.2) is 4.68 Å². The number of nitro benzene ring substituents is 1. The first kappa shape index (κ1) is 21.3. The molecule has 2 aromatic carbocycles. The van der Waals surface area contributed by atoms with E-state index >= 15 is 0 Å². The van der Waals surface area contributed by atoms with Crippen LogP contribution in [0.15, 0.2) is 60.7 Å². The number of carbonyl (C=O) groups is 1. The lowest BCUT2D eigenvalue weighted by molar-refractivity contribution is -0.384. The molecule has 164 valence electrons. The van der Waals surface area contributed by atoms with Crippen molar-refractivity contribution in [2.45, 2.75) is 13.8 Å². The second kappa shape index (κ2) is 9.05. The fourth-order valence-electron chi connectivity index (χ4n) is 3.93. The monoisotopic (exact) mass is 431 g/mol. The molecular weight excluding hydrogens is 406 g/mol. The van der Waals surface area contributed by atoms with Crippen LogP contribution in [0.25, 0.3) is 11.8 Å². The van der Waals surface area contributed by atoms with E-state index in [1.165, 1.54) is 6.07 Å². The minimum Gasteiger partial charge on any atom is -0.368 e. The maximum absolute atomic E-state index is 12.5. The van der Waals surface area contributed by atoms with Gasteiger partial charge in [-0.05, 0) is 43.7 Å². The van der Waals surface area contributed by atoms with Crippen molar-refractivity contribution < 1.29 is 9.72 Å². The second-order valence-corrected chi connectivity index (χ2v) is 7.83. The van der Waals surface area contributed by atoms with Gasteiger partial charge in [-0.1, -0.05) is 30.3 Å². The molecule has 1 amide bonds. The zero-order valence-electron chi connectivity index (χ0n) is 18.1. The Hall–Kier alpha value is -3.94. The zero-order chi connectivity index (χ0) is 22.7. The molecule has 4 rings (SSSR count). The van der Waals surface area contributed by atoms with Gasteiger partial charge in [-0.15, -0.1) is 0 Å². The van der Waals surface area contributed by atoms with E-state index in [0.717, 1.165) is 22.6 Å². The van der Waals surface area contributed by atoms with Crippen LogP contribution in [0.2, 0.25) is 0 Å². The molecule has 0 spiro atoms. The molecule has 32 heavy (non-hydrogen) atoms. The first-order chi connectivity index (χ1) is 15.4. The summed E-state index contributed by atoms with van der Waals surface area (Å²) >= 11 is 0. The highest BCUT2D eigenvalue weighted by molar-refractivity contribution is 5.92. The molecule has 0 atom stereocenters. The lowest BCUT2D eigenvalue weighted by Gasteiger charge is -2.35. The minimum atomic E-state index is -0.384. The smallest absolute Gasteiger partial charge is 0.295 e. The Labute approximate surface area is 186 Å². The first-order valence-corrected chi connectivity index (χ1v) is 10.5. The largest absolute Gasteiger partial charge is 0.368 e. The summed E-state index contributed by atoms with van der Waals surface area (Å²) in [7, 11) is 0. The number of benzene rings is 2. The summed E-state index contributed by atoms with van der Waals surface area (Å²) in [4.78, 5) is 27.7. The number of rotatable bonds is 5. The van der Waals surface area contributed by atoms with E-state index in [9.17, 15) is 14.9 Å². The number of piperazine rings is 1. The van der Waals surface area contributed by atoms with E-state index in [4.69, 9.17) is 0 Å². The Kier molecular flexibility index (Phi) is 6.02. The van der Waals surface area contributed by atoms with Crippen LogP contribution in [0.5, 0.6) is 0 Å². The van der Waals surface area contributed by atoms with Crippen molar-refractivity contribution in [2.75, 3.05) is 31.1 Å². The lowest BCUT2D eigenvalue weighted by atomic mass is 10.2. The van der Waals surface area contributed by atoms with Gasteiger partial charge in [0.05, 0.1) is 10.6 Å². The summed E-state index contributed by atoms with van der Waals surface area (Å²) in [5, 5.41) is 16.0. The van der Waals surface area contributed by atoms with Gasteiger partial charge in [0.1, 0.15) is 5.69 Å². The molecule has 0 N–H and O–H groups in total. The van der Waals surface area contributed by atoms with Crippen molar-refractivity contribution >= 4 is 23.4 Å². The predicted molar refractivity (Wildman–Crippen MR) is 124 cm³/mol. The SMILES string of the molecule is Cc1cc(C)n(-c2cc(N3CCN(C(=O)C=Cc4ccccc4)CC3)ccc2[N+](=O)[O-])n1. The van der Waals surface area contributed by atoms with Crippen LogP contribution < -0.4 is 4.90 Å². The molecule has 3 aromatic rings. The number of hydrogen-bond acceptors (Lipinski definition) is 5. The molecule has 1 aromatic heterocycles. The summed E-state index contributed by atoms with van der Waals surface area (Å²) in [6.45, 7) is 6.22. The number of amides is 1. The van der Waals surface area contributed by atoms with Crippen LogP contribution in [0.1, 0.15) is 17.0 Å². The Balaban J connectivity index is 1.48. The van der Waals surface area contributed by atoms with Crippen molar-refractivity contribution in [2.24, 2.45) is 0 Å². The van der Waals surface area contributed by atoms with Crippen molar-refractivity contribution in [3.8, 4) is 5.69 Å². The number of anilines is 1. The predicted octanol–water partition coefficient (Wildman–Crippen LogP) is 3.76. The van der Waals surface area contributed by atoms with E-state index in [1.54, 1.807) is 16.8 Å². The third-order valence-corrected chi connectivity index (χ3v) is 5.57. The zero-order valence-corrected chi connectivity index (χ0v) is 18.1. The van der Waals surface area contributed by atoms with Crippen LogP contribution in [0.4, 0.5) is 11.4 Å². The fraction of sp³-hybridized carbons (Fsp3) is 0.250. The Morgan fingerprint density at radius 1 is 1.03 bits per heavy atom. The van der Waals surface area contributed by atoms with Crippen LogP contribution in [-0.2, 0) is 4.79 Å². The number of nitro groups is 1. The van der Waals surface area contributed by atoms with Gasteiger partial charge in [-0.2, -0.15) is 5.10 Å². The maximum Gasteiger partial charge on any atom is 0.295 e. The molecule has 2 heterocycles. The Morgan fingerprint density at radius 3 is 2.38 bits per heavy atom. The molecule has 8 nitrogen and oxygen atoms in total. The normalized spacial score (nSPS) is 14.2. The number of hydrogen-bond donors (Lipinski definition) is 0. The fourth-order valence-corrected chi connectivity index (χ4v) is 3.93. The van der Waals surface area contributed by atoms with E-state index in [2.05, 4.69) is 10.00 Å². The molecule has 1 fully saturated rings. The van der Waals surface area contributed by atoms with E-state index in [1.807, 2.05) is 67.3 Å². The van der Waals surface area contributed by atoms with Crippen molar-refractivity contribution in [3.63, 3.8) is 0 Å². The number of aromatic nitrogens is 2. The van der Waals surface area contributed by atoms with Crippen LogP contribution >= 0.6 is 0 Å². The van der Waals surface area contributed by atoms with Gasteiger partial charge in [0.25, 0.3) is 5.69 Å². The highest BCUT2D eigenvalue weighted by atomic mass is 16.6. The standard InChI is InChI=1S/C24H25N5O3/c1-18-16-19(2)28(25-18)23-17-21(9-10-22(23)29(31)32)26-12-14-27(15-13-26)24(30)11-8-20-6-4-3-5-7-20/h3-11,16-17H,12-15H2,1-2H3. The molecule has 1 aliphatic heterocycles. The van der Waals surface area contributed by atoms with Gasteiger partial charge < -0.3 is 9.80 Å². The van der Waals surface area contributed by atoms with Crippen molar-refractivity contribution in [1.82, 2.24) is 14.7 Å². The summed E-state index contributed by atoms with van der Waals surface area (Å²) in [6.07, 6.45) is 3.43. The lowest BCUT2D eigenvalue weighted by Crippen LogP contribution is -2.48. The van der Waals surface area contributed by atoms with E-state index in [0.29, 0.717) is 31.9 Å². The third kappa shape index (κ3) is 4.54. The van der Waals surface area contributed by atoms with Crippen LogP contribution in [0.3, 0.4) is 0 Å². The summed E-state index contributed by atoms with van der Waals surface area (Å²) in [5.74, 6) is -0.0134. The quantitative estimate of drug-likeness (QED) is 0.349. The molecule has 0 saturated carbocycles. The van der Waals surface area contributed by atoms with E-state index in [-0.39, 0.29) is 16.5 Å². The Morgan fingerprint density at radius 2 is 1.75 bits per heavy atom. The van der Waals surface area contributed by atoms with Crippen molar-refractivity contribution in [1.29, 1.82) is 0 Å². The molecule has 0 radical (unpaired) electrons. The number of nitrogens with zero attached hydrogens (tertiary/aromatic N) is 5. The molecule has 8 heteroatoms. The highest BCUT2D eigenvalue weighted by Gasteiger charge is 2.23. The van der Waals surface area contributed by atoms with Gasteiger partial charge >= 0.3 is 0 Å². The number of carbonyl (C=O) groups excluding carboxylic acids is 1. The van der Waals surface area contributed by atoms with Crippen LogP contribution in [-0.4, -0.2) is 51.7 Å². The highest BCUT2D eigenvalue weighted by Crippen LogP contribution is 2.29. The third-order valence-electron chi connectivity index (χ3n) is 5.57. The molecule has 0 bridgehead atoms. The summed E-state index contributed by atoms with van der Waals surface area (Å²) in [6, 6.07) is 16.7. The first-order valence-electron chi connectivity index (χ1n) is 10.5. The molecule has 1 saturated heterocycles. The molecule has 0 aliphatic carbocycles. The van der Waals surface area contributed by atoms with Gasteiger partial charge in [0.15, 0.2) is 0 Å². The maximum atomic E-state index is 12.5. The Bertz CT molecular complexity index is 1160. The minimum absolute atomic E-state index is 0.0134. The average molecular weight is 431 g/mol. The second-order valence-electron chi connectivity index (χ2n) is 7.83. The van der Waals surface area contributed by atoms with Gasteiger partial charge in [-0.3, -0.25) is 14.9 Å². The van der Waals surface area contributed by atoms with E-state index < -0.39 is 0 Å². The van der Waals surface area contributed by atoms with Crippen LogP contribution in [0, 0.1) is 24.0 Å². The molecular formula is C24H25N5O3. The van der Waals surface area contributed by atoms with Crippen molar-refractivity contribution in [3.05, 3.63) is 87.7 Å². The van der Waals surface area contributed by atoms with Gasteiger partial charge in [0, 0.05) is 49.7 Å². The molecule has 1 aliphatic rings. The topological polar surface area (TPSA) is 84.5 Å². The average Bonchev–Trinajstić information content (AvgIpc) is 3.15.